The number of hydrogen-bond acceptors (Lipinski definition) is 3. The molecule has 21 heavy (non-hydrogen) atoms. The SMILES string of the molecule is CN1CCCC2CN(C(=O)C3CCCCC3CN)CCC21. The van der Waals surface area contributed by atoms with Crippen molar-refractivity contribution in [2.75, 3.05) is 33.2 Å². The molecule has 2 heterocycles. The molecule has 4 nitrogen and oxygen atoms in total. The Balaban J connectivity index is 1.63. The number of nitrogens with zero attached hydrogens (tertiary/aromatic N) is 2. The van der Waals surface area contributed by atoms with Gasteiger partial charge in [0.2, 0.25) is 5.91 Å². The van der Waals surface area contributed by atoms with Gasteiger partial charge in [0.15, 0.2) is 0 Å². The molecule has 1 aliphatic carbocycles. The fourth-order valence-electron chi connectivity index (χ4n) is 4.90. The molecule has 4 unspecified atom stereocenters. The lowest BCUT2D eigenvalue weighted by Gasteiger charge is -2.47. The van der Waals surface area contributed by atoms with Gasteiger partial charge in [-0.25, -0.2) is 0 Å². The van der Waals surface area contributed by atoms with E-state index in [4.69, 9.17) is 5.73 Å². The normalized spacial score (nSPS) is 38.1. The molecule has 3 fully saturated rings. The number of carbonyl (C=O) groups excluding carboxylic acids is 1. The number of likely N-dealkylation sites (tertiary alicyclic amines) is 2. The molecule has 4 heteroatoms. The van der Waals surface area contributed by atoms with Crippen LogP contribution in [0.1, 0.15) is 44.9 Å². The number of fused-ring (bicyclic) bond motifs is 1. The molecule has 120 valence electrons. The second kappa shape index (κ2) is 6.66. The van der Waals surface area contributed by atoms with Crippen LogP contribution in [0, 0.1) is 17.8 Å². The Morgan fingerprint density at radius 1 is 1.10 bits per heavy atom. The molecule has 4 atom stereocenters. The van der Waals surface area contributed by atoms with Gasteiger partial charge >= 0.3 is 0 Å². The quantitative estimate of drug-likeness (QED) is 0.843. The maximum absolute atomic E-state index is 12.9. The van der Waals surface area contributed by atoms with Crippen LogP contribution in [0.2, 0.25) is 0 Å². The first-order valence-electron chi connectivity index (χ1n) is 8.89. The highest BCUT2D eigenvalue weighted by Gasteiger charge is 2.39. The van der Waals surface area contributed by atoms with Gasteiger partial charge in [0.05, 0.1) is 0 Å². The van der Waals surface area contributed by atoms with E-state index in [1.807, 2.05) is 0 Å². The molecular weight excluding hydrogens is 262 g/mol. The first kappa shape index (κ1) is 15.3. The summed E-state index contributed by atoms with van der Waals surface area (Å²) in [6.45, 7) is 3.85. The van der Waals surface area contributed by atoms with Crippen LogP contribution >= 0.6 is 0 Å². The molecule has 2 aliphatic heterocycles. The summed E-state index contributed by atoms with van der Waals surface area (Å²) in [5, 5.41) is 0. The minimum Gasteiger partial charge on any atom is -0.342 e. The van der Waals surface area contributed by atoms with Crippen molar-refractivity contribution in [1.82, 2.24) is 9.80 Å². The smallest absolute Gasteiger partial charge is 0.226 e. The summed E-state index contributed by atoms with van der Waals surface area (Å²) in [7, 11) is 2.25. The molecule has 1 saturated carbocycles. The minimum atomic E-state index is 0.210. The molecule has 0 radical (unpaired) electrons. The fourth-order valence-corrected chi connectivity index (χ4v) is 4.90. The van der Waals surface area contributed by atoms with Crippen LogP contribution in [-0.2, 0) is 4.79 Å². The van der Waals surface area contributed by atoms with Crippen molar-refractivity contribution in [3.05, 3.63) is 0 Å². The van der Waals surface area contributed by atoms with Crippen LogP contribution in [0.15, 0.2) is 0 Å². The van der Waals surface area contributed by atoms with Crippen LogP contribution in [-0.4, -0.2) is 55.0 Å². The molecule has 0 aromatic heterocycles. The third-order valence-electron chi connectivity index (χ3n) is 6.19. The highest BCUT2D eigenvalue weighted by molar-refractivity contribution is 5.79. The lowest BCUT2D eigenvalue weighted by molar-refractivity contribution is -0.142. The summed E-state index contributed by atoms with van der Waals surface area (Å²) in [5.41, 5.74) is 5.91. The molecular formula is C17H31N3O. The molecule has 0 aromatic rings. The van der Waals surface area contributed by atoms with E-state index < -0.39 is 0 Å². The van der Waals surface area contributed by atoms with E-state index in [0.29, 0.717) is 30.3 Å². The second-order valence-electron chi connectivity index (χ2n) is 7.41. The number of amides is 1. The van der Waals surface area contributed by atoms with E-state index in [9.17, 15) is 4.79 Å². The molecule has 1 amide bonds. The third-order valence-corrected chi connectivity index (χ3v) is 6.19. The van der Waals surface area contributed by atoms with E-state index in [2.05, 4.69) is 16.8 Å². The lowest BCUT2D eigenvalue weighted by atomic mass is 9.77. The zero-order valence-electron chi connectivity index (χ0n) is 13.5. The van der Waals surface area contributed by atoms with Crippen LogP contribution in [0.3, 0.4) is 0 Å². The average Bonchev–Trinajstić information content (AvgIpc) is 2.54. The monoisotopic (exact) mass is 293 g/mol. The predicted octanol–water partition coefficient (Wildman–Crippen LogP) is 1.69. The highest BCUT2D eigenvalue weighted by atomic mass is 16.2. The van der Waals surface area contributed by atoms with Crippen LogP contribution < -0.4 is 5.73 Å². The molecule has 3 aliphatic rings. The van der Waals surface area contributed by atoms with Gasteiger partial charge in [-0.1, -0.05) is 12.8 Å². The van der Waals surface area contributed by atoms with Crippen molar-refractivity contribution in [3.63, 3.8) is 0 Å². The number of carbonyl (C=O) groups is 1. The van der Waals surface area contributed by atoms with Gasteiger partial charge in [-0.3, -0.25) is 4.79 Å². The van der Waals surface area contributed by atoms with Crippen LogP contribution in [0.5, 0.6) is 0 Å². The number of piperidine rings is 2. The maximum Gasteiger partial charge on any atom is 0.226 e. The first-order chi connectivity index (χ1) is 10.2. The van der Waals surface area contributed by atoms with Crippen molar-refractivity contribution in [3.8, 4) is 0 Å². The van der Waals surface area contributed by atoms with E-state index >= 15 is 0 Å². The van der Waals surface area contributed by atoms with Gasteiger partial charge in [0.1, 0.15) is 0 Å². The summed E-state index contributed by atoms with van der Waals surface area (Å²) >= 11 is 0. The van der Waals surface area contributed by atoms with Crippen LogP contribution in [0.4, 0.5) is 0 Å². The van der Waals surface area contributed by atoms with E-state index in [-0.39, 0.29) is 5.92 Å². The van der Waals surface area contributed by atoms with Gasteiger partial charge < -0.3 is 15.5 Å². The Labute approximate surface area is 129 Å². The Hall–Kier alpha value is -0.610. The Morgan fingerprint density at radius 2 is 1.90 bits per heavy atom. The minimum absolute atomic E-state index is 0.210. The standard InChI is InChI=1S/C17H31N3O/c1-19-9-4-6-14-12-20(10-8-16(14)19)17(21)15-7-3-2-5-13(15)11-18/h13-16H,2-12,18H2,1H3. The van der Waals surface area contributed by atoms with Gasteiger partial charge in [-0.2, -0.15) is 0 Å². The topological polar surface area (TPSA) is 49.6 Å². The fraction of sp³-hybridized carbons (Fsp3) is 0.941. The Bertz CT molecular complexity index is 373. The first-order valence-corrected chi connectivity index (χ1v) is 8.89. The second-order valence-corrected chi connectivity index (χ2v) is 7.41. The van der Waals surface area contributed by atoms with Gasteiger partial charge in [-0.15, -0.1) is 0 Å². The zero-order chi connectivity index (χ0) is 14.8. The zero-order valence-corrected chi connectivity index (χ0v) is 13.5. The predicted molar refractivity (Wildman–Crippen MR) is 84.8 cm³/mol. The van der Waals surface area contributed by atoms with Gasteiger partial charge in [0, 0.05) is 25.0 Å². The molecule has 0 bridgehead atoms. The van der Waals surface area contributed by atoms with Crippen molar-refractivity contribution < 1.29 is 4.79 Å². The molecule has 0 spiro atoms. The van der Waals surface area contributed by atoms with E-state index in [0.717, 1.165) is 32.4 Å². The lowest BCUT2D eigenvalue weighted by Crippen LogP contribution is -2.55. The average molecular weight is 293 g/mol. The Kier molecular flexibility index (Phi) is 4.85. The summed E-state index contributed by atoms with van der Waals surface area (Å²) in [6.07, 6.45) is 8.41. The summed E-state index contributed by atoms with van der Waals surface area (Å²) in [6, 6.07) is 0.708. The maximum atomic E-state index is 12.9. The van der Waals surface area contributed by atoms with Gasteiger partial charge in [0.25, 0.3) is 0 Å². The van der Waals surface area contributed by atoms with Crippen molar-refractivity contribution >= 4 is 5.91 Å². The molecule has 2 N–H and O–H groups in total. The van der Waals surface area contributed by atoms with Gasteiger partial charge in [-0.05, 0) is 64.1 Å². The summed E-state index contributed by atoms with van der Waals surface area (Å²) < 4.78 is 0. The Morgan fingerprint density at radius 3 is 2.71 bits per heavy atom. The van der Waals surface area contributed by atoms with E-state index in [1.165, 1.54) is 32.2 Å². The molecule has 3 rings (SSSR count). The number of rotatable bonds is 2. The molecule has 0 aromatic carbocycles. The summed E-state index contributed by atoms with van der Waals surface area (Å²) in [4.78, 5) is 17.6. The number of nitrogens with two attached hydrogens (primary N) is 1. The van der Waals surface area contributed by atoms with Crippen molar-refractivity contribution in [1.29, 1.82) is 0 Å². The van der Waals surface area contributed by atoms with E-state index in [1.54, 1.807) is 0 Å². The largest absolute Gasteiger partial charge is 0.342 e. The number of hydrogen-bond donors (Lipinski definition) is 1. The van der Waals surface area contributed by atoms with Crippen LogP contribution in [0.25, 0.3) is 0 Å². The third kappa shape index (κ3) is 3.11. The van der Waals surface area contributed by atoms with Crippen molar-refractivity contribution in [2.45, 2.75) is 51.0 Å². The highest BCUT2D eigenvalue weighted by Crippen LogP contribution is 2.34. The molecule has 2 saturated heterocycles. The van der Waals surface area contributed by atoms with Crippen molar-refractivity contribution in [2.24, 2.45) is 23.5 Å². The summed E-state index contributed by atoms with van der Waals surface area (Å²) in [5.74, 6) is 1.75.